The summed E-state index contributed by atoms with van der Waals surface area (Å²) < 4.78 is 5.00. The molecule has 1 saturated carbocycles. The molecular weight excluding hydrogens is 372 g/mol. The van der Waals surface area contributed by atoms with Crippen LogP contribution in [-0.2, 0) is 9.59 Å². The van der Waals surface area contributed by atoms with E-state index in [1.165, 1.54) is 38.6 Å². The van der Waals surface area contributed by atoms with Gasteiger partial charge in [0.25, 0.3) is 5.91 Å². The van der Waals surface area contributed by atoms with Crippen molar-refractivity contribution in [1.82, 2.24) is 9.88 Å². The molecule has 158 valence electrons. The molecule has 2 fully saturated rings. The fraction of sp³-hybridized carbons (Fsp3) is 0.619. The Balaban J connectivity index is 1.74. The number of nitrogens with two attached hydrogens (primary N) is 1. The standard InChI is InChI=1S/C21H30N4O4/c1-13-8-9-17(14-6-4-3-5-7-14)25(12-13)21(28)19(27)24-15-10-16(18(22)26)20(29-2)23-11-15/h10-11,13-14,17H,3-9,12H2,1-2H3,(H2,22,26)(H,24,27). The van der Waals surface area contributed by atoms with Crippen LogP contribution in [0.1, 0.15) is 62.2 Å². The number of hydrogen-bond donors (Lipinski definition) is 2. The predicted octanol–water partition coefficient (Wildman–Crippen LogP) is 2.33. The topological polar surface area (TPSA) is 115 Å². The number of nitrogens with zero attached hydrogens (tertiary/aromatic N) is 2. The van der Waals surface area contributed by atoms with Crippen LogP contribution in [0.15, 0.2) is 12.3 Å². The minimum Gasteiger partial charge on any atom is -0.480 e. The van der Waals surface area contributed by atoms with Crippen molar-refractivity contribution >= 4 is 23.4 Å². The van der Waals surface area contributed by atoms with Gasteiger partial charge in [0.15, 0.2) is 0 Å². The number of primary amides is 1. The van der Waals surface area contributed by atoms with Crippen LogP contribution in [0.25, 0.3) is 0 Å². The highest BCUT2D eigenvalue weighted by Gasteiger charge is 2.37. The Labute approximate surface area is 171 Å². The number of amides is 3. The fourth-order valence-electron chi connectivity index (χ4n) is 4.59. The normalized spacial score (nSPS) is 22.8. The highest BCUT2D eigenvalue weighted by Crippen LogP contribution is 2.35. The third-order valence-corrected chi connectivity index (χ3v) is 6.08. The molecule has 1 aromatic heterocycles. The van der Waals surface area contributed by atoms with Crippen LogP contribution in [0.3, 0.4) is 0 Å². The number of ether oxygens (including phenoxy) is 1. The molecule has 8 nitrogen and oxygen atoms in total. The maximum atomic E-state index is 13.0. The lowest BCUT2D eigenvalue weighted by atomic mass is 9.78. The average Bonchev–Trinajstić information content (AvgIpc) is 2.73. The van der Waals surface area contributed by atoms with Gasteiger partial charge in [-0.25, -0.2) is 4.98 Å². The van der Waals surface area contributed by atoms with Gasteiger partial charge in [0.2, 0.25) is 5.88 Å². The zero-order chi connectivity index (χ0) is 21.0. The van der Waals surface area contributed by atoms with E-state index in [-0.39, 0.29) is 23.2 Å². The molecule has 2 aliphatic rings. The first-order valence-corrected chi connectivity index (χ1v) is 10.4. The SMILES string of the molecule is COc1ncc(NC(=O)C(=O)N2CC(C)CCC2C2CCCCC2)cc1C(N)=O. The molecule has 29 heavy (non-hydrogen) atoms. The number of likely N-dealkylation sites (tertiary alicyclic amines) is 1. The molecule has 0 bridgehead atoms. The molecule has 1 aromatic rings. The van der Waals surface area contributed by atoms with Crippen molar-refractivity contribution in [3.8, 4) is 5.88 Å². The zero-order valence-electron chi connectivity index (χ0n) is 17.1. The molecular formula is C21H30N4O4. The number of methoxy groups -OCH3 is 1. The molecule has 3 amide bonds. The van der Waals surface area contributed by atoms with Gasteiger partial charge in [-0.15, -0.1) is 0 Å². The van der Waals surface area contributed by atoms with Gasteiger partial charge in [0.05, 0.1) is 19.0 Å². The van der Waals surface area contributed by atoms with Gasteiger partial charge in [0, 0.05) is 12.6 Å². The van der Waals surface area contributed by atoms with Gasteiger partial charge in [-0.05, 0) is 43.6 Å². The van der Waals surface area contributed by atoms with Gasteiger partial charge in [-0.1, -0.05) is 26.2 Å². The molecule has 0 radical (unpaired) electrons. The second-order valence-corrected chi connectivity index (χ2v) is 8.20. The fourth-order valence-corrected chi connectivity index (χ4v) is 4.59. The quantitative estimate of drug-likeness (QED) is 0.750. The number of hydrogen-bond acceptors (Lipinski definition) is 5. The van der Waals surface area contributed by atoms with Crippen LogP contribution < -0.4 is 15.8 Å². The van der Waals surface area contributed by atoms with Gasteiger partial charge < -0.3 is 20.7 Å². The van der Waals surface area contributed by atoms with Crippen molar-refractivity contribution in [3.63, 3.8) is 0 Å². The third-order valence-electron chi connectivity index (χ3n) is 6.08. The van der Waals surface area contributed by atoms with E-state index in [9.17, 15) is 14.4 Å². The first-order chi connectivity index (χ1) is 13.9. The number of anilines is 1. The summed E-state index contributed by atoms with van der Waals surface area (Å²) in [5, 5.41) is 2.57. The average molecular weight is 402 g/mol. The number of piperidine rings is 1. The zero-order valence-corrected chi connectivity index (χ0v) is 17.1. The number of carbonyl (C=O) groups excluding carboxylic acids is 3. The van der Waals surface area contributed by atoms with Gasteiger partial charge in [-0.2, -0.15) is 0 Å². The summed E-state index contributed by atoms with van der Waals surface area (Å²) in [7, 11) is 1.37. The molecule has 8 heteroatoms. The number of rotatable bonds is 4. The summed E-state index contributed by atoms with van der Waals surface area (Å²) in [6.07, 6.45) is 9.24. The summed E-state index contributed by atoms with van der Waals surface area (Å²) in [5.74, 6) is -1.05. The van der Waals surface area contributed by atoms with Gasteiger partial charge in [0.1, 0.15) is 5.56 Å². The van der Waals surface area contributed by atoms with Crippen LogP contribution in [0.4, 0.5) is 5.69 Å². The van der Waals surface area contributed by atoms with Crippen molar-refractivity contribution in [2.45, 2.75) is 57.9 Å². The van der Waals surface area contributed by atoms with E-state index < -0.39 is 17.7 Å². The Bertz CT molecular complexity index is 776. The van der Waals surface area contributed by atoms with Crippen molar-refractivity contribution < 1.29 is 19.1 Å². The number of carbonyl (C=O) groups is 3. The smallest absolute Gasteiger partial charge is 0.313 e. The maximum Gasteiger partial charge on any atom is 0.313 e. The molecule has 1 saturated heterocycles. The lowest BCUT2D eigenvalue weighted by Crippen LogP contribution is -2.53. The molecule has 2 heterocycles. The van der Waals surface area contributed by atoms with E-state index in [4.69, 9.17) is 10.5 Å². The molecule has 0 aromatic carbocycles. The number of nitrogens with one attached hydrogen (secondary N) is 1. The number of aromatic nitrogens is 1. The second-order valence-electron chi connectivity index (χ2n) is 8.20. The Hall–Kier alpha value is -2.64. The maximum absolute atomic E-state index is 13.0. The lowest BCUT2D eigenvalue weighted by molar-refractivity contribution is -0.147. The van der Waals surface area contributed by atoms with E-state index in [2.05, 4.69) is 17.2 Å². The van der Waals surface area contributed by atoms with Crippen molar-refractivity contribution in [2.75, 3.05) is 19.0 Å². The van der Waals surface area contributed by atoms with Crippen LogP contribution in [0.2, 0.25) is 0 Å². The Morgan fingerprint density at radius 1 is 1.17 bits per heavy atom. The van der Waals surface area contributed by atoms with Crippen molar-refractivity contribution in [2.24, 2.45) is 17.6 Å². The summed E-state index contributed by atoms with van der Waals surface area (Å²) in [4.78, 5) is 43.0. The van der Waals surface area contributed by atoms with Crippen molar-refractivity contribution in [1.29, 1.82) is 0 Å². The lowest BCUT2D eigenvalue weighted by Gasteiger charge is -2.43. The third kappa shape index (κ3) is 4.86. The van der Waals surface area contributed by atoms with E-state index in [0.717, 1.165) is 25.7 Å². The van der Waals surface area contributed by atoms with Crippen LogP contribution in [-0.4, -0.2) is 47.3 Å². The van der Waals surface area contributed by atoms with Crippen molar-refractivity contribution in [3.05, 3.63) is 17.8 Å². The van der Waals surface area contributed by atoms with Gasteiger partial charge >= 0.3 is 11.8 Å². The van der Waals surface area contributed by atoms with E-state index >= 15 is 0 Å². The Kier molecular flexibility index (Phi) is 6.71. The summed E-state index contributed by atoms with van der Waals surface area (Å²) >= 11 is 0. The molecule has 0 spiro atoms. The highest BCUT2D eigenvalue weighted by atomic mass is 16.5. The minimum atomic E-state index is -0.723. The monoisotopic (exact) mass is 402 g/mol. The second kappa shape index (κ2) is 9.24. The van der Waals surface area contributed by atoms with E-state index in [1.54, 1.807) is 4.90 Å². The molecule has 2 unspecified atom stereocenters. The van der Waals surface area contributed by atoms with Gasteiger partial charge in [-0.3, -0.25) is 14.4 Å². The van der Waals surface area contributed by atoms with Crippen LogP contribution >= 0.6 is 0 Å². The van der Waals surface area contributed by atoms with E-state index in [0.29, 0.717) is 18.4 Å². The molecule has 1 aliphatic heterocycles. The molecule has 1 aliphatic carbocycles. The predicted molar refractivity (Wildman–Crippen MR) is 108 cm³/mol. The largest absolute Gasteiger partial charge is 0.480 e. The highest BCUT2D eigenvalue weighted by molar-refractivity contribution is 6.39. The van der Waals surface area contributed by atoms with Crippen LogP contribution in [0, 0.1) is 11.8 Å². The Morgan fingerprint density at radius 2 is 1.90 bits per heavy atom. The first kappa shape index (κ1) is 21.1. The molecule has 3 N–H and O–H groups in total. The summed E-state index contributed by atoms with van der Waals surface area (Å²) in [6, 6.07) is 1.50. The first-order valence-electron chi connectivity index (χ1n) is 10.4. The summed E-state index contributed by atoms with van der Waals surface area (Å²) in [5.41, 5.74) is 5.62. The van der Waals surface area contributed by atoms with E-state index in [1.807, 2.05) is 0 Å². The number of pyridine rings is 1. The minimum absolute atomic E-state index is 0.0458. The molecule has 3 rings (SSSR count). The van der Waals surface area contributed by atoms with Crippen LogP contribution in [0.5, 0.6) is 5.88 Å². The molecule has 2 atom stereocenters. The Morgan fingerprint density at radius 3 is 2.55 bits per heavy atom. The summed E-state index contributed by atoms with van der Waals surface area (Å²) in [6.45, 7) is 2.71.